The van der Waals surface area contributed by atoms with Crippen LogP contribution in [0.1, 0.15) is 18.1 Å². The van der Waals surface area contributed by atoms with E-state index in [4.69, 9.17) is 16.3 Å². The normalized spacial score (nSPS) is 13.9. The molecule has 0 unspecified atom stereocenters. The average Bonchev–Trinajstić information content (AvgIpc) is 2.67. The van der Waals surface area contributed by atoms with E-state index in [1.165, 1.54) is 0 Å². The molecule has 2 aromatic rings. The maximum Gasteiger partial charge on any atom is 0.262 e. The maximum absolute atomic E-state index is 12.2. The molecule has 1 fully saturated rings. The predicted molar refractivity (Wildman–Crippen MR) is 116 cm³/mol. The van der Waals surface area contributed by atoms with Gasteiger partial charge in [-0.25, -0.2) is 0 Å². The molecular weight excluding hydrogens is 390 g/mol. The number of rotatable bonds is 5. The molecule has 6 nitrogen and oxygen atoms in total. The second kappa shape index (κ2) is 9.18. The number of halogens is 1. The third-order valence-electron chi connectivity index (χ3n) is 4.99. The van der Waals surface area contributed by atoms with Crippen LogP contribution >= 0.6 is 11.6 Å². The Morgan fingerprint density at radius 3 is 2.41 bits per heavy atom. The Hall–Kier alpha value is -2.73. The van der Waals surface area contributed by atoms with Crippen molar-refractivity contribution in [3.05, 3.63) is 52.5 Å². The van der Waals surface area contributed by atoms with Crippen molar-refractivity contribution in [3.8, 4) is 5.75 Å². The van der Waals surface area contributed by atoms with Crippen LogP contribution in [-0.4, -0.2) is 49.5 Å². The first-order valence-electron chi connectivity index (χ1n) is 9.63. The molecule has 7 heteroatoms. The Bertz CT molecular complexity index is 908. The van der Waals surface area contributed by atoms with Crippen LogP contribution in [0, 0.1) is 13.8 Å². The van der Waals surface area contributed by atoms with Crippen molar-refractivity contribution < 1.29 is 14.3 Å². The summed E-state index contributed by atoms with van der Waals surface area (Å²) in [6.07, 6.45) is 0. The van der Waals surface area contributed by atoms with Gasteiger partial charge in [-0.15, -0.1) is 0 Å². The van der Waals surface area contributed by atoms with E-state index in [-0.39, 0.29) is 18.4 Å². The molecule has 2 aromatic carbocycles. The molecule has 1 saturated heterocycles. The minimum Gasteiger partial charge on any atom is -0.483 e. The first-order valence-corrected chi connectivity index (χ1v) is 10.0. The number of ether oxygens (including phenoxy) is 1. The molecule has 2 amide bonds. The van der Waals surface area contributed by atoms with Gasteiger partial charge in [0.25, 0.3) is 5.91 Å². The molecule has 1 aliphatic heterocycles. The van der Waals surface area contributed by atoms with Crippen molar-refractivity contribution in [2.45, 2.75) is 20.8 Å². The van der Waals surface area contributed by atoms with Gasteiger partial charge in [-0.3, -0.25) is 9.59 Å². The maximum atomic E-state index is 12.2. The van der Waals surface area contributed by atoms with Crippen molar-refractivity contribution >= 4 is 34.8 Å². The number of carbonyl (C=O) groups excluding carboxylic acids is 2. The number of hydrogen-bond acceptors (Lipinski definition) is 4. The fourth-order valence-electron chi connectivity index (χ4n) is 3.41. The van der Waals surface area contributed by atoms with Gasteiger partial charge in [0.15, 0.2) is 6.61 Å². The highest BCUT2D eigenvalue weighted by Crippen LogP contribution is 2.29. The van der Waals surface area contributed by atoms with Crippen LogP contribution in [0.3, 0.4) is 0 Å². The number of aryl methyl sites for hydroxylation is 2. The highest BCUT2D eigenvalue weighted by molar-refractivity contribution is 6.33. The molecule has 0 aliphatic carbocycles. The van der Waals surface area contributed by atoms with E-state index in [1.54, 1.807) is 13.0 Å². The van der Waals surface area contributed by atoms with Gasteiger partial charge in [0, 0.05) is 38.8 Å². The predicted octanol–water partition coefficient (Wildman–Crippen LogP) is 3.64. The first kappa shape index (κ1) is 21.0. The molecule has 0 aromatic heterocycles. The van der Waals surface area contributed by atoms with E-state index < -0.39 is 0 Å². The minimum absolute atomic E-state index is 0.0731. The number of carbonyl (C=O) groups is 2. The zero-order valence-corrected chi connectivity index (χ0v) is 17.8. The molecule has 1 heterocycles. The third-order valence-corrected chi connectivity index (χ3v) is 5.29. The molecule has 0 spiro atoms. The monoisotopic (exact) mass is 415 g/mol. The highest BCUT2D eigenvalue weighted by Gasteiger charge is 2.20. The zero-order chi connectivity index (χ0) is 21.0. The highest BCUT2D eigenvalue weighted by atomic mass is 35.5. The smallest absolute Gasteiger partial charge is 0.262 e. The number of nitrogens with zero attached hydrogens (tertiary/aromatic N) is 2. The van der Waals surface area contributed by atoms with E-state index in [0.717, 1.165) is 29.9 Å². The second-order valence-electron chi connectivity index (χ2n) is 7.27. The Kier molecular flexibility index (Phi) is 6.64. The Labute approximate surface area is 176 Å². The molecule has 0 atom stereocenters. The van der Waals surface area contributed by atoms with Crippen LogP contribution in [0.2, 0.25) is 5.02 Å². The van der Waals surface area contributed by atoms with E-state index in [9.17, 15) is 9.59 Å². The number of amides is 2. The quantitative estimate of drug-likeness (QED) is 0.809. The Morgan fingerprint density at radius 2 is 1.79 bits per heavy atom. The molecular formula is C22H26ClN3O3. The molecule has 0 saturated carbocycles. The summed E-state index contributed by atoms with van der Waals surface area (Å²) in [4.78, 5) is 27.7. The number of benzene rings is 2. The summed E-state index contributed by atoms with van der Waals surface area (Å²) in [6, 6.07) is 11.3. The molecule has 3 rings (SSSR count). The molecule has 0 bridgehead atoms. The number of hydrogen-bond donors (Lipinski definition) is 1. The lowest BCUT2D eigenvalue weighted by molar-refractivity contribution is -0.129. The number of nitrogens with one attached hydrogen (secondary N) is 1. The third kappa shape index (κ3) is 5.41. The fourth-order valence-corrected chi connectivity index (χ4v) is 3.71. The largest absolute Gasteiger partial charge is 0.483 e. The minimum atomic E-state index is -0.246. The Morgan fingerprint density at radius 1 is 1.07 bits per heavy atom. The van der Waals surface area contributed by atoms with E-state index >= 15 is 0 Å². The number of piperazine rings is 1. The topological polar surface area (TPSA) is 61.9 Å². The lowest BCUT2D eigenvalue weighted by atomic mass is 10.1. The fraction of sp³-hybridized carbons (Fsp3) is 0.364. The first-order chi connectivity index (χ1) is 13.8. The lowest BCUT2D eigenvalue weighted by Gasteiger charge is -2.36. The second-order valence-corrected chi connectivity index (χ2v) is 7.67. The summed E-state index contributed by atoms with van der Waals surface area (Å²) in [5.41, 5.74) is 3.67. The van der Waals surface area contributed by atoms with Gasteiger partial charge in [0.2, 0.25) is 5.91 Å². The molecule has 154 valence electrons. The summed E-state index contributed by atoms with van der Waals surface area (Å²) in [7, 11) is 0. The summed E-state index contributed by atoms with van der Waals surface area (Å²) in [5.74, 6) is 0.546. The summed E-state index contributed by atoms with van der Waals surface area (Å²) in [6.45, 7) is 8.30. The number of anilines is 2. The van der Waals surface area contributed by atoms with Gasteiger partial charge >= 0.3 is 0 Å². The van der Waals surface area contributed by atoms with Crippen molar-refractivity contribution in [2.75, 3.05) is 43.0 Å². The molecule has 29 heavy (non-hydrogen) atoms. The van der Waals surface area contributed by atoms with Crippen LogP contribution in [0.4, 0.5) is 11.4 Å². The van der Waals surface area contributed by atoms with Gasteiger partial charge in [-0.05, 0) is 43.7 Å². The van der Waals surface area contributed by atoms with E-state index in [2.05, 4.69) is 10.2 Å². The van der Waals surface area contributed by atoms with Gasteiger partial charge in [-0.2, -0.15) is 0 Å². The zero-order valence-electron chi connectivity index (χ0n) is 17.0. The summed E-state index contributed by atoms with van der Waals surface area (Å²) >= 11 is 6.45. The van der Waals surface area contributed by atoms with E-state index in [0.29, 0.717) is 29.5 Å². The average molecular weight is 416 g/mol. The molecule has 1 N–H and O–H groups in total. The van der Waals surface area contributed by atoms with E-state index in [1.807, 2.05) is 49.1 Å². The molecule has 1 aliphatic rings. The Balaban J connectivity index is 1.56. The van der Waals surface area contributed by atoms with Crippen LogP contribution in [0.15, 0.2) is 36.4 Å². The van der Waals surface area contributed by atoms with Gasteiger partial charge in [-0.1, -0.05) is 29.3 Å². The van der Waals surface area contributed by atoms with Gasteiger partial charge in [0.05, 0.1) is 10.7 Å². The summed E-state index contributed by atoms with van der Waals surface area (Å²) < 4.78 is 5.62. The van der Waals surface area contributed by atoms with Crippen LogP contribution < -0.4 is 15.0 Å². The summed E-state index contributed by atoms with van der Waals surface area (Å²) in [5, 5.41) is 3.38. The van der Waals surface area contributed by atoms with Crippen LogP contribution in [-0.2, 0) is 9.59 Å². The molecule has 0 radical (unpaired) electrons. The van der Waals surface area contributed by atoms with Crippen LogP contribution in [0.25, 0.3) is 0 Å². The lowest BCUT2D eigenvalue weighted by Crippen LogP contribution is -2.48. The standard InChI is InChI=1S/C22H26ClN3O3/c1-15-4-7-21(16(2)12-15)29-14-22(28)24-18-5-6-20(19(23)13-18)26-10-8-25(9-11-26)17(3)27/h4-7,12-13H,8-11,14H2,1-3H3,(H,24,28). The van der Waals surface area contributed by atoms with Crippen molar-refractivity contribution in [2.24, 2.45) is 0 Å². The van der Waals surface area contributed by atoms with Crippen molar-refractivity contribution in [1.82, 2.24) is 4.90 Å². The van der Waals surface area contributed by atoms with Crippen LogP contribution in [0.5, 0.6) is 5.75 Å². The van der Waals surface area contributed by atoms with Gasteiger partial charge < -0.3 is 19.9 Å². The van der Waals surface area contributed by atoms with Gasteiger partial charge in [0.1, 0.15) is 5.75 Å². The SMILES string of the molecule is CC(=O)N1CCN(c2ccc(NC(=O)COc3ccc(C)cc3C)cc2Cl)CC1. The van der Waals surface area contributed by atoms with Crippen molar-refractivity contribution in [3.63, 3.8) is 0 Å². The van der Waals surface area contributed by atoms with Crippen molar-refractivity contribution in [1.29, 1.82) is 0 Å².